The highest BCUT2D eigenvalue weighted by Gasteiger charge is 2.66. The molecule has 0 aromatic carbocycles. The standard InChI is InChI=1S/C16H20N2O4/c19-14-13-12(15(20)21)11-1-4-16(13,22-11)8-18(14)10-7-17-5-2-9(10)3-6-17/h1,4,9-13H,2-3,5-8H2,(H,20,21)/t10-,11+,12+,13-,16-/m1/s1. The summed E-state index contributed by atoms with van der Waals surface area (Å²) in [6.07, 6.45) is 5.58. The number of nitrogens with zero attached hydrogens (tertiary/aromatic N) is 1. The fourth-order valence-electron chi connectivity index (χ4n) is 5.54. The molecule has 6 nitrogen and oxygen atoms in total. The van der Waals surface area contributed by atoms with Crippen LogP contribution in [-0.2, 0) is 14.3 Å². The third-order valence-corrected chi connectivity index (χ3v) is 6.58. The third-order valence-electron chi connectivity index (χ3n) is 6.58. The monoisotopic (exact) mass is 304 g/mol. The Morgan fingerprint density at radius 3 is 2.82 bits per heavy atom. The first-order chi connectivity index (χ1) is 10.6. The van der Waals surface area contributed by atoms with Gasteiger partial charge in [0.2, 0.25) is 5.91 Å². The van der Waals surface area contributed by atoms with Gasteiger partial charge in [0.25, 0.3) is 0 Å². The van der Waals surface area contributed by atoms with Crippen molar-refractivity contribution in [1.82, 2.24) is 4.90 Å². The Hall–Kier alpha value is -1.40. The zero-order valence-corrected chi connectivity index (χ0v) is 12.4. The van der Waals surface area contributed by atoms with Crippen molar-refractivity contribution in [2.75, 3.05) is 26.2 Å². The average molecular weight is 304 g/mol. The molecular weight excluding hydrogens is 284 g/mol. The van der Waals surface area contributed by atoms with Crippen molar-refractivity contribution in [1.29, 1.82) is 0 Å². The van der Waals surface area contributed by atoms with Gasteiger partial charge in [-0.25, -0.2) is 0 Å². The number of rotatable bonds is 2. The lowest BCUT2D eigenvalue weighted by Crippen LogP contribution is -3.16. The Labute approximate surface area is 128 Å². The minimum atomic E-state index is -1.16. The number of likely N-dealkylation sites (tertiary alicyclic amines) is 1. The van der Waals surface area contributed by atoms with E-state index < -0.39 is 29.5 Å². The van der Waals surface area contributed by atoms with Crippen LogP contribution in [-0.4, -0.2) is 60.7 Å². The molecule has 6 heteroatoms. The lowest BCUT2D eigenvalue weighted by molar-refractivity contribution is -0.918. The first kappa shape index (κ1) is 13.1. The Kier molecular flexibility index (Phi) is 2.45. The highest BCUT2D eigenvalue weighted by atomic mass is 16.5. The van der Waals surface area contributed by atoms with Gasteiger partial charge in [0, 0.05) is 24.7 Å². The SMILES string of the molecule is O=C([O-])[C@H]1[C@@H]2C=C[C@]3(CN([C@@H]4C[NH+]5CCC4CC5)C(=O)[C@@H]13)O2. The molecule has 0 radical (unpaired) electrons. The lowest BCUT2D eigenvalue weighted by Gasteiger charge is -2.45. The highest BCUT2D eigenvalue weighted by Crippen LogP contribution is 2.52. The fourth-order valence-corrected chi connectivity index (χ4v) is 5.54. The zero-order valence-electron chi connectivity index (χ0n) is 12.4. The van der Waals surface area contributed by atoms with Gasteiger partial charge in [-0.15, -0.1) is 0 Å². The summed E-state index contributed by atoms with van der Waals surface area (Å²) in [4.78, 5) is 28.0. The molecule has 1 N–H and O–H groups in total. The Bertz CT molecular complexity index is 583. The minimum absolute atomic E-state index is 0.0285. The fraction of sp³-hybridized carbons (Fsp3) is 0.750. The number of nitrogens with one attached hydrogen (secondary N) is 1. The number of quaternary nitrogens is 1. The van der Waals surface area contributed by atoms with Crippen LogP contribution >= 0.6 is 0 Å². The molecule has 1 spiro atoms. The topological polar surface area (TPSA) is 74.1 Å². The van der Waals surface area contributed by atoms with Gasteiger partial charge in [-0.1, -0.05) is 12.2 Å². The molecular formula is C16H20N2O4. The van der Waals surface area contributed by atoms with Crippen LogP contribution in [0.3, 0.4) is 0 Å². The van der Waals surface area contributed by atoms with E-state index in [1.54, 1.807) is 11.0 Å². The Morgan fingerprint density at radius 2 is 2.18 bits per heavy atom. The van der Waals surface area contributed by atoms with Crippen molar-refractivity contribution in [3.05, 3.63) is 12.2 Å². The molecule has 1 amide bonds. The van der Waals surface area contributed by atoms with Gasteiger partial charge >= 0.3 is 0 Å². The van der Waals surface area contributed by atoms with E-state index in [1.807, 2.05) is 11.0 Å². The van der Waals surface area contributed by atoms with Crippen molar-refractivity contribution < 1.29 is 24.3 Å². The maximum Gasteiger partial charge on any atom is 0.230 e. The molecule has 5 saturated heterocycles. The normalized spacial score (nSPS) is 51.6. The predicted molar refractivity (Wildman–Crippen MR) is 72.5 cm³/mol. The summed E-state index contributed by atoms with van der Waals surface area (Å²) >= 11 is 0. The van der Waals surface area contributed by atoms with E-state index >= 15 is 0 Å². The molecule has 6 aliphatic rings. The van der Waals surface area contributed by atoms with Gasteiger partial charge in [0.05, 0.1) is 44.2 Å². The molecule has 6 heterocycles. The number of fused-ring (bicyclic) bond motifs is 4. The second kappa shape index (κ2) is 4.11. The van der Waals surface area contributed by atoms with Crippen molar-refractivity contribution in [2.45, 2.75) is 30.6 Å². The number of aliphatic carboxylic acids is 1. The van der Waals surface area contributed by atoms with E-state index in [0.717, 1.165) is 6.54 Å². The van der Waals surface area contributed by atoms with Crippen LogP contribution in [0.4, 0.5) is 0 Å². The number of hydrogen-bond donors (Lipinski definition) is 1. The van der Waals surface area contributed by atoms with Gasteiger partial charge in [0.1, 0.15) is 5.60 Å². The number of ether oxygens (including phenoxy) is 1. The first-order valence-corrected chi connectivity index (χ1v) is 8.31. The summed E-state index contributed by atoms with van der Waals surface area (Å²) in [6.45, 7) is 3.93. The molecule has 118 valence electrons. The number of carbonyl (C=O) groups excluding carboxylic acids is 2. The van der Waals surface area contributed by atoms with Gasteiger partial charge < -0.3 is 24.4 Å². The minimum Gasteiger partial charge on any atom is -0.550 e. The average Bonchev–Trinajstić information content (AvgIpc) is 3.16. The van der Waals surface area contributed by atoms with Gasteiger partial charge in [-0.3, -0.25) is 4.79 Å². The van der Waals surface area contributed by atoms with Crippen LogP contribution in [0.5, 0.6) is 0 Å². The molecule has 0 aliphatic carbocycles. The summed E-state index contributed by atoms with van der Waals surface area (Å²) in [7, 11) is 0. The van der Waals surface area contributed by atoms with E-state index in [0.29, 0.717) is 12.5 Å². The van der Waals surface area contributed by atoms with Crippen molar-refractivity contribution >= 4 is 11.9 Å². The second-order valence-electron chi connectivity index (χ2n) is 7.54. The number of piperidine rings is 3. The van der Waals surface area contributed by atoms with Crippen LogP contribution in [0.15, 0.2) is 12.2 Å². The second-order valence-corrected chi connectivity index (χ2v) is 7.54. The van der Waals surface area contributed by atoms with Crippen LogP contribution in [0, 0.1) is 17.8 Å². The molecule has 0 saturated carbocycles. The Morgan fingerprint density at radius 1 is 1.41 bits per heavy atom. The predicted octanol–water partition coefficient (Wildman–Crippen LogP) is -2.80. The van der Waals surface area contributed by atoms with E-state index in [1.165, 1.54) is 25.9 Å². The maximum atomic E-state index is 13.0. The number of amides is 1. The lowest BCUT2D eigenvalue weighted by atomic mass is 9.77. The smallest absolute Gasteiger partial charge is 0.230 e. The van der Waals surface area contributed by atoms with Crippen molar-refractivity contribution in [3.63, 3.8) is 0 Å². The van der Waals surface area contributed by atoms with Gasteiger partial charge in [0.15, 0.2) is 0 Å². The molecule has 0 aromatic rings. The van der Waals surface area contributed by atoms with Gasteiger partial charge in [-0.05, 0) is 5.92 Å². The summed E-state index contributed by atoms with van der Waals surface area (Å²) in [5, 5.41) is 11.5. The molecule has 0 aromatic heterocycles. The summed E-state index contributed by atoms with van der Waals surface area (Å²) in [6, 6.07) is 0.253. The quantitative estimate of drug-likeness (QED) is 0.559. The molecule has 6 aliphatic heterocycles. The van der Waals surface area contributed by atoms with E-state index in [4.69, 9.17) is 4.74 Å². The first-order valence-electron chi connectivity index (χ1n) is 8.31. The molecule has 6 rings (SSSR count). The molecule has 4 bridgehead atoms. The molecule has 22 heavy (non-hydrogen) atoms. The zero-order chi connectivity index (χ0) is 15.1. The van der Waals surface area contributed by atoms with Crippen molar-refractivity contribution in [2.24, 2.45) is 17.8 Å². The number of carboxylic acid groups (broad SMARTS) is 1. The molecule has 5 fully saturated rings. The largest absolute Gasteiger partial charge is 0.550 e. The van der Waals surface area contributed by atoms with E-state index in [9.17, 15) is 14.7 Å². The van der Waals surface area contributed by atoms with Crippen LogP contribution in [0.1, 0.15) is 12.8 Å². The van der Waals surface area contributed by atoms with Crippen LogP contribution < -0.4 is 10.0 Å². The van der Waals surface area contributed by atoms with Crippen molar-refractivity contribution in [3.8, 4) is 0 Å². The summed E-state index contributed by atoms with van der Waals surface area (Å²) < 4.78 is 5.93. The Balaban J connectivity index is 1.48. The summed E-state index contributed by atoms with van der Waals surface area (Å²) in [5.74, 6) is -2.02. The number of hydrogen-bond acceptors (Lipinski definition) is 4. The van der Waals surface area contributed by atoms with E-state index in [-0.39, 0.29) is 11.9 Å². The van der Waals surface area contributed by atoms with Gasteiger partial charge in [-0.2, -0.15) is 0 Å². The molecule has 0 unspecified atom stereocenters. The number of carboxylic acids is 1. The maximum absolute atomic E-state index is 13.0. The number of carbonyl (C=O) groups is 2. The highest BCUT2D eigenvalue weighted by molar-refractivity contribution is 5.90. The summed E-state index contributed by atoms with van der Waals surface area (Å²) in [5.41, 5.74) is -0.714. The van der Waals surface area contributed by atoms with E-state index in [2.05, 4.69) is 0 Å². The molecule has 5 atom stereocenters. The van der Waals surface area contributed by atoms with Crippen LogP contribution in [0.25, 0.3) is 0 Å². The van der Waals surface area contributed by atoms with Crippen LogP contribution in [0.2, 0.25) is 0 Å². The third kappa shape index (κ3) is 1.47.